The molecular formula is C24H31F6NO6. The highest BCUT2D eigenvalue weighted by atomic mass is 19.4. The Labute approximate surface area is 210 Å². The van der Waals surface area contributed by atoms with Crippen LogP contribution in [0.2, 0.25) is 0 Å². The van der Waals surface area contributed by atoms with Gasteiger partial charge in [-0.25, -0.2) is 0 Å². The summed E-state index contributed by atoms with van der Waals surface area (Å²) in [5.41, 5.74) is -2.90. The number of alkyl halides is 6. The minimum Gasteiger partial charge on any atom is -0.458 e. The molecule has 210 valence electrons. The van der Waals surface area contributed by atoms with E-state index in [9.17, 15) is 46.0 Å². The molecule has 0 N–H and O–H groups in total. The first kappa shape index (κ1) is 30.7. The molecule has 0 spiro atoms. The summed E-state index contributed by atoms with van der Waals surface area (Å²) in [4.78, 5) is 35.3. The zero-order valence-corrected chi connectivity index (χ0v) is 21.4. The van der Waals surface area contributed by atoms with Crippen molar-refractivity contribution in [2.75, 3.05) is 0 Å². The van der Waals surface area contributed by atoms with Gasteiger partial charge in [0.15, 0.2) is 5.41 Å². The SMILES string of the molecule is CCC(C)(C)C(=O)OC(C(F)(F)F)C(F)(F)F.CCC(C)(C)C(=O)OC1C2CC3C1OC(=O)C3(C#N)C2. The molecule has 5 unspecified atom stereocenters. The number of ether oxygens (including phenoxy) is 3. The van der Waals surface area contributed by atoms with Gasteiger partial charge in [-0.1, -0.05) is 13.8 Å². The third kappa shape index (κ3) is 5.82. The Kier molecular flexibility index (Phi) is 8.28. The lowest BCUT2D eigenvalue weighted by molar-refractivity contribution is -0.315. The summed E-state index contributed by atoms with van der Waals surface area (Å²) in [5, 5.41) is 9.31. The summed E-state index contributed by atoms with van der Waals surface area (Å²) in [6, 6.07) is 2.15. The van der Waals surface area contributed by atoms with Crippen molar-refractivity contribution < 1.29 is 54.9 Å². The molecule has 1 saturated heterocycles. The van der Waals surface area contributed by atoms with Gasteiger partial charge in [-0.15, -0.1) is 0 Å². The molecule has 3 rings (SSSR count). The van der Waals surface area contributed by atoms with E-state index >= 15 is 0 Å². The second-order valence-corrected chi connectivity index (χ2v) is 11.0. The minimum absolute atomic E-state index is 0.0638. The molecule has 13 heteroatoms. The van der Waals surface area contributed by atoms with E-state index in [2.05, 4.69) is 10.8 Å². The molecule has 7 nitrogen and oxygen atoms in total. The first-order valence-electron chi connectivity index (χ1n) is 11.9. The lowest BCUT2D eigenvalue weighted by atomic mass is 9.74. The summed E-state index contributed by atoms with van der Waals surface area (Å²) >= 11 is 0. The molecule has 1 heterocycles. The van der Waals surface area contributed by atoms with Crippen LogP contribution >= 0.6 is 0 Å². The van der Waals surface area contributed by atoms with Crippen LogP contribution in [0.4, 0.5) is 26.3 Å². The third-order valence-electron chi connectivity index (χ3n) is 7.70. The van der Waals surface area contributed by atoms with Crippen LogP contribution in [0.1, 0.15) is 67.2 Å². The lowest BCUT2D eigenvalue weighted by Gasteiger charge is -2.30. The van der Waals surface area contributed by atoms with E-state index in [1.807, 2.05) is 20.8 Å². The molecule has 0 amide bonds. The first-order valence-corrected chi connectivity index (χ1v) is 11.9. The van der Waals surface area contributed by atoms with Crippen molar-refractivity contribution in [2.24, 2.45) is 28.1 Å². The molecular weight excluding hydrogens is 512 g/mol. The van der Waals surface area contributed by atoms with Gasteiger partial charge in [-0.3, -0.25) is 14.4 Å². The van der Waals surface area contributed by atoms with Crippen LogP contribution in [0.3, 0.4) is 0 Å². The molecule has 2 saturated carbocycles. The van der Waals surface area contributed by atoms with E-state index in [0.29, 0.717) is 12.8 Å². The average Bonchev–Trinajstić information content (AvgIpc) is 3.38. The Hall–Kier alpha value is -2.52. The summed E-state index contributed by atoms with van der Waals surface area (Å²) in [6.45, 7) is 9.51. The van der Waals surface area contributed by atoms with Crippen LogP contribution in [-0.2, 0) is 28.6 Å². The van der Waals surface area contributed by atoms with Crippen LogP contribution in [0.15, 0.2) is 0 Å². The Morgan fingerprint density at radius 3 is 1.95 bits per heavy atom. The quantitative estimate of drug-likeness (QED) is 0.256. The maximum Gasteiger partial charge on any atom is 0.434 e. The molecule has 0 radical (unpaired) electrons. The summed E-state index contributed by atoms with van der Waals surface area (Å²) in [5.74, 6) is -2.23. The van der Waals surface area contributed by atoms with Crippen molar-refractivity contribution in [1.82, 2.24) is 0 Å². The van der Waals surface area contributed by atoms with Crippen molar-refractivity contribution in [3.63, 3.8) is 0 Å². The number of carbonyl (C=O) groups excluding carboxylic acids is 3. The highest BCUT2D eigenvalue weighted by Gasteiger charge is 2.72. The van der Waals surface area contributed by atoms with Crippen LogP contribution in [0.25, 0.3) is 0 Å². The maximum atomic E-state index is 12.2. The Bertz CT molecular complexity index is 939. The van der Waals surface area contributed by atoms with Gasteiger partial charge in [-0.2, -0.15) is 31.6 Å². The van der Waals surface area contributed by atoms with Crippen molar-refractivity contribution in [3.8, 4) is 6.07 Å². The Morgan fingerprint density at radius 2 is 1.51 bits per heavy atom. The summed E-state index contributed by atoms with van der Waals surface area (Å²) < 4.78 is 87.0. The van der Waals surface area contributed by atoms with Gasteiger partial charge in [0.05, 0.1) is 16.9 Å². The molecule has 0 aromatic heterocycles. The zero-order chi connectivity index (χ0) is 28.8. The third-order valence-corrected chi connectivity index (χ3v) is 7.70. The normalized spacial score (nSPS) is 28.8. The Balaban J connectivity index is 0.000000265. The molecule has 5 atom stereocenters. The molecule has 3 aliphatic rings. The number of esters is 3. The molecule has 37 heavy (non-hydrogen) atoms. The topological polar surface area (TPSA) is 103 Å². The second-order valence-electron chi connectivity index (χ2n) is 11.0. The van der Waals surface area contributed by atoms with Crippen LogP contribution in [0, 0.1) is 39.4 Å². The van der Waals surface area contributed by atoms with Crippen LogP contribution in [0.5, 0.6) is 0 Å². The van der Waals surface area contributed by atoms with Crippen LogP contribution < -0.4 is 0 Å². The highest BCUT2D eigenvalue weighted by Crippen LogP contribution is 2.62. The lowest BCUT2D eigenvalue weighted by Crippen LogP contribution is -2.47. The minimum atomic E-state index is -5.67. The molecule has 0 aromatic carbocycles. The van der Waals surface area contributed by atoms with Crippen LogP contribution in [-0.4, -0.2) is 48.6 Å². The van der Waals surface area contributed by atoms with E-state index in [1.165, 1.54) is 20.8 Å². The Morgan fingerprint density at radius 1 is 1.03 bits per heavy atom. The number of hydrogen-bond acceptors (Lipinski definition) is 7. The number of nitrogens with zero attached hydrogens (tertiary/aromatic N) is 1. The summed E-state index contributed by atoms with van der Waals surface area (Å²) in [6.07, 6.45) is -14.2. The van der Waals surface area contributed by atoms with Gasteiger partial charge in [0.2, 0.25) is 0 Å². The number of hydrogen-bond donors (Lipinski definition) is 0. The van der Waals surface area contributed by atoms with Gasteiger partial charge in [0, 0.05) is 11.8 Å². The van der Waals surface area contributed by atoms with Gasteiger partial charge in [0.25, 0.3) is 6.10 Å². The predicted molar refractivity (Wildman–Crippen MR) is 114 cm³/mol. The first-order chi connectivity index (χ1) is 16.7. The van der Waals surface area contributed by atoms with Gasteiger partial charge in [0.1, 0.15) is 12.2 Å². The molecule has 1 aliphatic heterocycles. The highest BCUT2D eigenvalue weighted by molar-refractivity contribution is 5.84. The monoisotopic (exact) mass is 543 g/mol. The fraction of sp³-hybridized carbons (Fsp3) is 0.833. The fourth-order valence-electron chi connectivity index (χ4n) is 4.45. The van der Waals surface area contributed by atoms with Crippen molar-refractivity contribution in [3.05, 3.63) is 0 Å². The zero-order valence-electron chi connectivity index (χ0n) is 21.4. The number of carbonyl (C=O) groups is 3. The summed E-state index contributed by atoms with van der Waals surface area (Å²) in [7, 11) is 0. The maximum absolute atomic E-state index is 12.2. The molecule has 2 bridgehead atoms. The molecule has 0 aromatic rings. The van der Waals surface area contributed by atoms with E-state index in [4.69, 9.17) is 9.47 Å². The number of halogens is 6. The van der Waals surface area contributed by atoms with Gasteiger partial charge < -0.3 is 14.2 Å². The van der Waals surface area contributed by atoms with E-state index in [1.54, 1.807) is 0 Å². The van der Waals surface area contributed by atoms with E-state index < -0.39 is 52.7 Å². The second kappa shape index (κ2) is 9.98. The van der Waals surface area contributed by atoms with Crippen molar-refractivity contribution >= 4 is 17.9 Å². The standard InChI is InChI=1S/C15H19NO4.C9H12F6O2/c1-4-14(2,3)12(17)19-10-8-5-9-11(10)20-13(18)15(9,6-8)7-16;1-4-7(2,3)6(16)17-5(8(10,11)12)9(13,14)15/h8-11H,4-6H2,1-3H3;5H,4H2,1-3H3. The van der Waals surface area contributed by atoms with E-state index in [-0.39, 0.29) is 30.3 Å². The number of rotatable bonds is 6. The van der Waals surface area contributed by atoms with E-state index in [0.717, 1.165) is 6.42 Å². The van der Waals surface area contributed by atoms with Crippen molar-refractivity contribution in [1.29, 1.82) is 5.26 Å². The molecule has 3 fully saturated rings. The predicted octanol–water partition coefficient (Wildman–Crippen LogP) is 5.27. The molecule has 2 aliphatic carbocycles. The van der Waals surface area contributed by atoms with Crippen molar-refractivity contribution in [2.45, 2.75) is 97.9 Å². The average molecular weight is 544 g/mol. The van der Waals surface area contributed by atoms with Gasteiger partial charge >= 0.3 is 30.3 Å². The van der Waals surface area contributed by atoms with Gasteiger partial charge in [-0.05, 0) is 53.4 Å². The number of fused-ring (bicyclic) bond motifs is 1. The fourth-order valence-corrected chi connectivity index (χ4v) is 4.45. The number of nitriles is 1. The smallest absolute Gasteiger partial charge is 0.434 e. The largest absolute Gasteiger partial charge is 0.458 e.